The zero-order valence-electron chi connectivity index (χ0n) is 7.37. The molecule has 0 fully saturated rings. The molecule has 74 valence electrons. The van der Waals surface area contributed by atoms with Crippen molar-refractivity contribution in [3.05, 3.63) is 33.2 Å². The summed E-state index contributed by atoms with van der Waals surface area (Å²) >= 11 is 10.0. The molecule has 0 amide bonds. The zero-order valence-corrected chi connectivity index (χ0v) is 11.1. The third-order valence-corrected chi connectivity index (χ3v) is 5.08. The molecule has 0 N–H and O–H groups in total. The van der Waals surface area contributed by atoms with Crippen LogP contribution in [-0.2, 0) is 0 Å². The number of hydrogen-bond donors (Lipinski definition) is 0. The van der Waals surface area contributed by atoms with Gasteiger partial charge in [0.1, 0.15) is 11.5 Å². The molecule has 0 unspecified atom stereocenters. The number of thiophene rings is 1. The molecule has 0 aliphatic heterocycles. The monoisotopic (exact) mass is 346 g/mol. The number of halogens is 2. The summed E-state index contributed by atoms with van der Waals surface area (Å²) in [6, 6.07) is 6.19. The van der Waals surface area contributed by atoms with Gasteiger partial charge in [-0.15, -0.1) is 11.3 Å². The van der Waals surface area contributed by atoms with E-state index in [9.17, 15) is 0 Å². The van der Waals surface area contributed by atoms with Crippen LogP contribution in [0.2, 0.25) is 5.15 Å². The van der Waals surface area contributed by atoms with Crippen molar-refractivity contribution in [3.8, 4) is 0 Å². The van der Waals surface area contributed by atoms with Crippen molar-refractivity contribution < 1.29 is 0 Å². The van der Waals surface area contributed by atoms with Crippen molar-refractivity contribution in [2.45, 2.75) is 0 Å². The van der Waals surface area contributed by atoms with Crippen LogP contribution < -0.4 is 0 Å². The van der Waals surface area contributed by atoms with Crippen molar-refractivity contribution in [3.63, 3.8) is 0 Å². The Kier molecular flexibility index (Phi) is 2.30. The first kappa shape index (κ1) is 9.74. The largest absolute Gasteiger partial charge is 0.235 e. The fourth-order valence-corrected chi connectivity index (χ4v) is 3.65. The quantitative estimate of drug-likeness (QED) is 0.452. The van der Waals surface area contributed by atoms with Gasteiger partial charge in [0.25, 0.3) is 0 Å². The molecule has 0 spiro atoms. The average molecular weight is 347 g/mol. The Morgan fingerprint density at radius 3 is 2.93 bits per heavy atom. The maximum atomic E-state index is 6.04. The fraction of sp³-hybridized carbons (Fsp3) is 0. The fourth-order valence-electron chi connectivity index (χ4n) is 1.54. The number of fused-ring (bicyclic) bond motifs is 3. The van der Waals surface area contributed by atoms with E-state index in [0.29, 0.717) is 5.15 Å². The first-order chi connectivity index (χ1) is 7.27. The van der Waals surface area contributed by atoms with Crippen LogP contribution >= 0.6 is 45.5 Å². The Balaban J connectivity index is 2.63. The van der Waals surface area contributed by atoms with E-state index in [1.165, 1.54) is 14.6 Å². The first-order valence-corrected chi connectivity index (χ1v) is 6.52. The predicted molar refractivity (Wildman–Crippen MR) is 72.6 cm³/mol. The van der Waals surface area contributed by atoms with E-state index in [4.69, 9.17) is 11.6 Å². The van der Waals surface area contributed by atoms with E-state index in [2.05, 4.69) is 44.7 Å². The lowest BCUT2D eigenvalue weighted by molar-refractivity contribution is 1.23. The number of aromatic nitrogens is 2. The van der Waals surface area contributed by atoms with Gasteiger partial charge in [0.2, 0.25) is 0 Å². The smallest absolute Gasteiger partial charge is 0.150 e. The molecule has 0 aliphatic rings. The lowest BCUT2D eigenvalue weighted by atomic mass is 10.2. The average Bonchev–Trinajstić information content (AvgIpc) is 2.60. The van der Waals surface area contributed by atoms with Crippen molar-refractivity contribution in [1.29, 1.82) is 0 Å². The summed E-state index contributed by atoms with van der Waals surface area (Å²) in [6.45, 7) is 0. The van der Waals surface area contributed by atoms with Gasteiger partial charge in [0.15, 0.2) is 0 Å². The van der Waals surface area contributed by atoms with Crippen LogP contribution in [0.1, 0.15) is 0 Å². The summed E-state index contributed by atoms with van der Waals surface area (Å²) in [7, 11) is 0. The lowest BCUT2D eigenvalue weighted by Crippen LogP contribution is -1.78. The standard InChI is InChI=1S/C10H4ClIN2S/c11-10-9-7(13-4-14-10)5-2-1-3-6(12)8(5)15-9/h1-4H. The third kappa shape index (κ3) is 1.43. The van der Waals surface area contributed by atoms with Crippen molar-refractivity contribution in [1.82, 2.24) is 9.97 Å². The van der Waals surface area contributed by atoms with Crippen LogP contribution in [-0.4, -0.2) is 9.97 Å². The molecule has 15 heavy (non-hydrogen) atoms. The van der Waals surface area contributed by atoms with E-state index in [1.807, 2.05) is 6.07 Å². The molecule has 2 aromatic heterocycles. The van der Waals surface area contributed by atoms with Crippen LogP contribution in [0.4, 0.5) is 0 Å². The molecule has 0 atom stereocenters. The molecule has 0 bridgehead atoms. The molecule has 0 radical (unpaired) electrons. The highest BCUT2D eigenvalue weighted by Crippen LogP contribution is 2.37. The van der Waals surface area contributed by atoms with Gasteiger partial charge in [-0.3, -0.25) is 0 Å². The summed E-state index contributed by atoms with van der Waals surface area (Å²) < 4.78 is 3.43. The van der Waals surface area contributed by atoms with Gasteiger partial charge in [0, 0.05) is 8.96 Å². The molecule has 3 rings (SSSR count). The van der Waals surface area contributed by atoms with Crippen LogP contribution in [0.15, 0.2) is 24.5 Å². The highest BCUT2D eigenvalue weighted by Gasteiger charge is 2.10. The van der Waals surface area contributed by atoms with Crippen molar-refractivity contribution in [2.24, 2.45) is 0 Å². The van der Waals surface area contributed by atoms with E-state index < -0.39 is 0 Å². The summed E-state index contributed by atoms with van der Waals surface area (Å²) in [5.74, 6) is 0. The van der Waals surface area contributed by atoms with E-state index >= 15 is 0 Å². The third-order valence-electron chi connectivity index (χ3n) is 2.19. The van der Waals surface area contributed by atoms with Crippen LogP contribution in [0.25, 0.3) is 20.3 Å². The normalized spacial score (nSPS) is 11.3. The highest BCUT2D eigenvalue weighted by atomic mass is 127. The number of nitrogens with zero attached hydrogens (tertiary/aromatic N) is 2. The van der Waals surface area contributed by atoms with Gasteiger partial charge in [-0.05, 0) is 28.7 Å². The zero-order chi connectivity index (χ0) is 10.4. The molecule has 5 heteroatoms. The van der Waals surface area contributed by atoms with Crippen molar-refractivity contribution >= 4 is 65.8 Å². The second kappa shape index (κ2) is 3.54. The Labute approximate surface area is 108 Å². The minimum absolute atomic E-state index is 0.539. The molecule has 0 saturated carbocycles. The molecule has 1 aromatic carbocycles. The minimum Gasteiger partial charge on any atom is -0.235 e. The second-order valence-corrected chi connectivity index (χ2v) is 5.60. The van der Waals surface area contributed by atoms with Gasteiger partial charge >= 0.3 is 0 Å². The SMILES string of the molecule is Clc1ncnc2c1sc1c(I)cccc12. The van der Waals surface area contributed by atoms with Crippen LogP contribution in [0.3, 0.4) is 0 Å². The van der Waals surface area contributed by atoms with Crippen LogP contribution in [0, 0.1) is 3.57 Å². The molecule has 0 saturated heterocycles. The first-order valence-electron chi connectivity index (χ1n) is 4.24. The van der Waals surface area contributed by atoms with Crippen molar-refractivity contribution in [2.75, 3.05) is 0 Å². The van der Waals surface area contributed by atoms with E-state index in [0.717, 1.165) is 15.6 Å². The molecule has 3 aromatic rings. The Bertz CT molecular complexity index is 609. The number of benzene rings is 1. The maximum absolute atomic E-state index is 6.04. The Hall–Kier alpha value is -0.460. The van der Waals surface area contributed by atoms with Gasteiger partial charge < -0.3 is 0 Å². The second-order valence-electron chi connectivity index (χ2n) is 3.06. The summed E-state index contributed by atoms with van der Waals surface area (Å²) in [4.78, 5) is 8.28. The van der Waals surface area contributed by atoms with E-state index in [1.54, 1.807) is 11.3 Å². The lowest BCUT2D eigenvalue weighted by Gasteiger charge is -1.92. The molecule has 0 aliphatic carbocycles. The van der Waals surface area contributed by atoms with Crippen LogP contribution in [0.5, 0.6) is 0 Å². The molecular formula is C10H4ClIN2S. The summed E-state index contributed by atoms with van der Waals surface area (Å²) in [6.07, 6.45) is 1.51. The summed E-state index contributed by atoms with van der Waals surface area (Å²) in [5.41, 5.74) is 0.952. The predicted octanol–water partition coefficient (Wildman–Crippen LogP) is 4.10. The number of rotatable bonds is 0. The highest BCUT2D eigenvalue weighted by molar-refractivity contribution is 14.1. The molecule has 2 heterocycles. The summed E-state index contributed by atoms with van der Waals surface area (Å²) in [5, 5.41) is 1.70. The minimum atomic E-state index is 0.539. The van der Waals surface area contributed by atoms with E-state index in [-0.39, 0.29) is 0 Å². The molecule has 2 nitrogen and oxygen atoms in total. The Morgan fingerprint density at radius 1 is 1.20 bits per heavy atom. The maximum Gasteiger partial charge on any atom is 0.150 e. The van der Waals surface area contributed by atoms with Gasteiger partial charge in [0.05, 0.1) is 14.9 Å². The Morgan fingerprint density at radius 2 is 2.07 bits per heavy atom. The molecular weight excluding hydrogens is 343 g/mol. The topological polar surface area (TPSA) is 25.8 Å². The van der Waals surface area contributed by atoms with Gasteiger partial charge in [-0.25, -0.2) is 9.97 Å². The van der Waals surface area contributed by atoms with Gasteiger partial charge in [-0.2, -0.15) is 0 Å². The van der Waals surface area contributed by atoms with Gasteiger partial charge in [-0.1, -0.05) is 23.7 Å². The number of hydrogen-bond acceptors (Lipinski definition) is 3.